The molecule has 2 atom stereocenters. The second-order valence-corrected chi connectivity index (χ2v) is 8.02. The molecule has 0 spiro atoms. The number of carbonyl (C=O) groups is 2. The molecule has 2 aliphatic heterocycles. The Bertz CT molecular complexity index is 1040. The van der Waals surface area contributed by atoms with Crippen LogP contribution in [0, 0.1) is 17.5 Å². The highest BCUT2D eigenvalue weighted by Gasteiger charge is 2.44. The highest BCUT2D eigenvalue weighted by molar-refractivity contribution is 5.91. The second kappa shape index (κ2) is 9.06. The van der Waals surface area contributed by atoms with Crippen molar-refractivity contribution in [3.63, 3.8) is 0 Å². The number of likely N-dealkylation sites (tertiary alicyclic amines) is 1. The maximum atomic E-state index is 13.8. The number of nitrogens with zero attached hydrogens (tertiary/aromatic N) is 2. The predicted molar refractivity (Wildman–Crippen MR) is 112 cm³/mol. The summed E-state index contributed by atoms with van der Waals surface area (Å²) in [5.74, 6) is -4.54. The van der Waals surface area contributed by atoms with Crippen LogP contribution in [0.25, 0.3) is 6.08 Å². The van der Waals surface area contributed by atoms with Crippen molar-refractivity contribution in [2.24, 2.45) is 0 Å². The Morgan fingerprint density at radius 3 is 2.41 bits per heavy atom. The lowest BCUT2D eigenvalue weighted by molar-refractivity contribution is -0.127. The molecular weight excluding hydrogens is 421 g/mol. The molecule has 168 valence electrons. The number of hydrogen-bond donors (Lipinski definition) is 0. The van der Waals surface area contributed by atoms with Crippen LogP contribution in [0.5, 0.6) is 0 Å². The summed E-state index contributed by atoms with van der Waals surface area (Å²) in [7, 11) is 0. The van der Waals surface area contributed by atoms with Gasteiger partial charge in [-0.3, -0.25) is 9.69 Å². The fourth-order valence-electron chi connectivity index (χ4n) is 4.35. The summed E-state index contributed by atoms with van der Waals surface area (Å²) in [6, 6.07) is 11.3. The van der Waals surface area contributed by atoms with E-state index in [4.69, 9.17) is 4.74 Å². The van der Waals surface area contributed by atoms with Gasteiger partial charge in [0.05, 0.1) is 6.04 Å². The Morgan fingerprint density at radius 2 is 1.72 bits per heavy atom. The summed E-state index contributed by atoms with van der Waals surface area (Å²) < 4.78 is 45.8. The van der Waals surface area contributed by atoms with Crippen molar-refractivity contribution in [3.8, 4) is 0 Å². The molecule has 0 radical (unpaired) electrons. The second-order valence-electron chi connectivity index (χ2n) is 8.02. The van der Waals surface area contributed by atoms with Gasteiger partial charge in [-0.1, -0.05) is 30.3 Å². The summed E-state index contributed by atoms with van der Waals surface area (Å²) in [4.78, 5) is 28.4. The molecule has 0 unspecified atom stereocenters. The SMILES string of the molecule is C[C@@H]1[C@H](c2ccccc2)OC(=O)N1C1CCN(C(=O)/C=C/c2ccc(F)c(F)c2F)CC1. The number of rotatable bonds is 4. The van der Waals surface area contributed by atoms with Gasteiger partial charge in [0, 0.05) is 30.8 Å². The van der Waals surface area contributed by atoms with E-state index in [-0.39, 0.29) is 35.8 Å². The molecule has 5 nitrogen and oxygen atoms in total. The first kappa shape index (κ1) is 21.9. The van der Waals surface area contributed by atoms with Crippen LogP contribution in [0.4, 0.5) is 18.0 Å². The molecular formula is C24H23F3N2O3. The van der Waals surface area contributed by atoms with E-state index in [1.807, 2.05) is 37.3 Å². The molecule has 4 rings (SSSR count). The average Bonchev–Trinajstić information content (AvgIpc) is 3.11. The molecule has 2 aliphatic rings. The molecule has 2 aromatic rings. The number of amides is 2. The van der Waals surface area contributed by atoms with Gasteiger partial charge in [-0.2, -0.15) is 0 Å². The van der Waals surface area contributed by atoms with Gasteiger partial charge in [-0.05, 0) is 43.5 Å². The number of benzene rings is 2. The number of carbonyl (C=O) groups excluding carboxylic acids is 2. The first-order chi connectivity index (χ1) is 15.4. The maximum Gasteiger partial charge on any atom is 0.411 e. The zero-order chi connectivity index (χ0) is 22.8. The molecule has 0 N–H and O–H groups in total. The Kier molecular flexibility index (Phi) is 6.21. The Balaban J connectivity index is 1.36. The highest BCUT2D eigenvalue weighted by Crippen LogP contribution is 2.35. The molecule has 32 heavy (non-hydrogen) atoms. The summed E-state index contributed by atoms with van der Waals surface area (Å²) in [5.41, 5.74) is 0.741. The van der Waals surface area contributed by atoms with Gasteiger partial charge in [0.25, 0.3) is 0 Å². The fraction of sp³-hybridized carbons (Fsp3) is 0.333. The van der Waals surface area contributed by atoms with Crippen molar-refractivity contribution in [3.05, 3.63) is 77.1 Å². The highest BCUT2D eigenvalue weighted by atomic mass is 19.2. The monoisotopic (exact) mass is 444 g/mol. The third kappa shape index (κ3) is 4.22. The minimum absolute atomic E-state index is 0.0529. The number of piperidine rings is 1. The molecule has 2 aromatic carbocycles. The molecule has 0 saturated carbocycles. The van der Waals surface area contributed by atoms with Crippen LogP contribution < -0.4 is 0 Å². The Hall–Kier alpha value is -3.29. The van der Waals surface area contributed by atoms with E-state index in [0.717, 1.165) is 29.8 Å². The molecule has 2 heterocycles. The fourth-order valence-corrected chi connectivity index (χ4v) is 4.35. The minimum atomic E-state index is -1.57. The van der Waals surface area contributed by atoms with E-state index in [2.05, 4.69) is 0 Å². The first-order valence-corrected chi connectivity index (χ1v) is 10.5. The Morgan fingerprint density at radius 1 is 1.03 bits per heavy atom. The summed E-state index contributed by atoms with van der Waals surface area (Å²) in [6.45, 7) is 2.79. The average molecular weight is 444 g/mol. The van der Waals surface area contributed by atoms with E-state index in [1.165, 1.54) is 0 Å². The molecule has 0 bridgehead atoms. The standard InChI is InChI=1S/C24H23F3N2O3/c1-15-23(17-5-3-2-4-6-17)32-24(31)29(15)18-11-13-28(14-12-18)20(30)10-8-16-7-9-19(25)22(27)21(16)26/h2-10,15,18,23H,11-14H2,1H3/b10-8+/t15-,23-/m1/s1. The normalized spacial score (nSPS) is 21.9. The quantitative estimate of drug-likeness (QED) is 0.508. The zero-order valence-electron chi connectivity index (χ0n) is 17.5. The molecule has 8 heteroatoms. The van der Waals surface area contributed by atoms with Crippen molar-refractivity contribution >= 4 is 18.1 Å². The molecule has 2 fully saturated rings. The topological polar surface area (TPSA) is 49.9 Å². The lowest BCUT2D eigenvalue weighted by atomic mass is 9.98. The number of halogens is 3. The van der Waals surface area contributed by atoms with E-state index < -0.39 is 17.5 Å². The van der Waals surface area contributed by atoms with Crippen LogP contribution in [0.1, 0.15) is 37.0 Å². The smallest absolute Gasteiger partial charge is 0.411 e. The van der Waals surface area contributed by atoms with E-state index in [0.29, 0.717) is 25.9 Å². The van der Waals surface area contributed by atoms with Crippen LogP contribution in [0.15, 0.2) is 48.5 Å². The van der Waals surface area contributed by atoms with Crippen LogP contribution >= 0.6 is 0 Å². The van der Waals surface area contributed by atoms with E-state index >= 15 is 0 Å². The van der Waals surface area contributed by atoms with Gasteiger partial charge in [0.2, 0.25) is 5.91 Å². The van der Waals surface area contributed by atoms with Crippen LogP contribution in [-0.4, -0.2) is 47.0 Å². The van der Waals surface area contributed by atoms with Gasteiger partial charge in [0.1, 0.15) is 6.10 Å². The summed E-state index contributed by atoms with van der Waals surface area (Å²) >= 11 is 0. The third-order valence-electron chi connectivity index (χ3n) is 6.08. The van der Waals surface area contributed by atoms with Gasteiger partial charge < -0.3 is 9.64 Å². The van der Waals surface area contributed by atoms with Gasteiger partial charge in [0.15, 0.2) is 17.5 Å². The molecule has 2 amide bonds. The number of cyclic esters (lactones) is 1. The molecule has 0 aromatic heterocycles. The third-order valence-corrected chi connectivity index (χ3v) is 6.08. The van der Waals surface area contributed by atoms with Gasteiger partial charge in [-0.25, -0.2) is 18.0 Å². The van der Waals surface area contributed by atoms with Crippen LogP contribution in [0.3, 0.4) is 0 Å². The van der Waals surface area contributed by atoms with Crippen LogP contribution in [0.2, 0.25) is 0 Å². The van der Waals surface area contributed by atoms with Crippen molar-refractivity contribution in [1.29, 1.82) is 0 Å². The lowest BCUT2D eigenvalue weighted by Crippen LogP contribution is -2.49. The summed E-state index contributed by atoms with van der Waals surface area (Å²) in [6.07, 6.45) is 2.76. The van der Waals surface area contributed by atoms with Crippen molar-refractivity contribution < 1.29 is 27.5 Å². The summed E-state index contributed by atoms with van der Waals surface area (Å²) in [5, 5.41) is 0. The number of hydrogen-bond acceptors (Lipinski definition) is 3. The molecule has 0 aliphatic carbocycles. The largest absolute Gasteiger partial charge is 0.439 e. The first-order valence-electron chi connectivity index (χ1n) is 10.5. The van der Waals surface area contributed by atoms with Crippen molar-refractivity contribution in [1.82, 2.24) is 9.80 Å². The van der Waals surface area contributed by atoms with Crippen molar-refractivity contribution in [2.45, 2.75) is 38.0 Å². The van der Waals surface area contributed by atoms with Gasteiger partial charge in [-0.15, -0.1) is 0 Å². The van der Waals surface area contributed by atoms with Crippen LogP contribution in [-0.2, 0) is 9.53 Å². The van der Waals surface area contributed by atoms with Crippen molar-refractivity contribution in [2.75, 3.05) is 13.1 Å². The van der Waals surface area contributed by atoms with E-state index in [9.17, 15) is 22.8 Å². The number of ether oxygens (including phenoxy) is 1. The minimum Gasteiger partial charge on any atom is -0.439 e. The molecule has 2 saturated heterocycles. The lowest BCUT2D eigenvalue weighted by Gasteiger charge is -2.37. The zero-order valence-corrected chi connectivity index (χ0v) is 17.5. The van der Waals surface area contributed by atoms with E-state index in [1.54, 1.807) is 9.80 Å². The predicted octanol–water partition coefficient (Wildman–Crippen LogP) is 4.69. The Labute approximate surface area is 184 Å². The maximum absolute atomic E-state index is 13.8. The van der Waals surface area contributed by atoms with Gasteiger partial charge >= 0.3 is 6.09 Å².